The minimum absolute atomic E-state index is 0.0903. The summed E-state index contributed by atoms with van der Waals surface area (Å²) in [4.78, 5) is 0. The van der Waals surface area contributed by atoms with Crippen LogP contribution in [0.1, 0.15) is 0 Å². The van der Waals surface area contributed by atoms with E-state index in [-0.39, 0.29) is 6.61 Å². The van der Waals surface area contributed by atoms with Crippen molar-refractivity contribution in [2.45, 2.75) is 5.54 Å². The van der Waals surface area contributed by atoms with Gasteiger partial charge in [0.2, 0.25) is 0 Å². The summed E-state index contributed by atoms with van der Waals surface area (Å²) < 4.78 is 9.74. The summed E-state index contributed by atoms with van der Waals surface area (Å²) in [5.41, 5.74) is 4.89. The zero-order valence-corrected chi connectivity index (χ0v) is 5.17. The molecule has 1 rings (SSSR count). The summed E-state index contributed by atoms with van der Waals surface area (Å²) in [5.74, 6) is 0. The number of nitrogens with two attached hydrogens (primary N) is 1. The molecule has 0 amide bonds. The van der Waals surface area contributed by atoms with Crippen LogP contribution in [-0.2, 0) is 9.47 Å². The van der Waals surface area contributed by atoms with Gasteiger partial charge in [0, 0.05) is 0 Å². The van der Waals surface area contributed by atoms with Gasteiger partial charge in [-0.05, 0) is 0 Å². The minimum Gasteiger partial charge on any atom is -0.394 e. The van der Waals surface area contributed by atoms with Gasteiger partial charge in [0.15, 0.2) is 0 Å². The van der Waals surface area contributed by atoms with E-state index in [1.165, 1.54) is 0 Å². The van der Waals surface area contributed by atoms with Crippen LogP contribution in [0, 0.1) is 0 Å². The molecule has 54 valence electrons. The lowest BCUT2D eigenvalue weighted by atomic mass is 10.1. The molecule has 9 heavy (non-hydrogen) atoms. The second-order valence-electron chi connectivity index (χ2n) is 2.34. The molecule has 4 nitrogen and oxygen atoms in total. The highest BCUT2D eigenvalue weighted by molar-refractivity contribution is 4.83. The number of ether oxygens (including phenoxy) is 2. The van der Waals surface area contributed by atoms with Gasteiger partial charge < -0.3 is 20.3 Å². The van der Waals surface area contributed by atoms with E-state index in [0.717, 1.165) is 0 Å². The molecule has 1 fully saturated rings. The Labute approximate surface area is 53.6 Å². The van der Waals surface area contributed by atoms with Crippen molar-refractivity contribution in [3.05, 3.63) is 0 Å². The summed E-state index contributed by atoms with van der Waals surface area (Å²) in [6.45, 7) is 0.957. The van der Waals surface area contributed by atoms with Gasteiger partial charge >= 0.3 is 0 Å². The third kappa shape index (κ3) is 1.62. The molecule has 0 saturated carbocycles. The van der Waals surface area contributed by atoms with Crippen molar-refractivity contribution in [3.63, 3.8) is 0 Å². The van der Waals surface area contributed by atoms with E-state index in [0.29, 0.717) is 20.0 Å². The predicted octanol–water partition coefficient (Wildman–Crippen LogP) is -1.32. The van der Waals surface area contributed by atoms with E-state index >= 15 is 0 Å². The van der Waals surface area contributed by atoms with Crippen LogP contribution in [0.25, 0.3) is 0 Å². The van der Waals surface area contributed by atoms with Crippen LogP contribution in [0.5, 0.6) is 0 Å². The Hall–Kier alpha value is -0.160. The van der Waals surface area contributed by atoms with Gasteiger partial charge in [-0.25, -0.2) is 0 Å². The third-order valence-electron chi connectivity index (χ3n) is 1.26. The molecule has 0 radical (unpaired) electrons. The van der Waals surface area contributed by atoms with E-state index in [1.807, 2.05) is 0 Å². The van der Waals surface area contributed by atoms with Gasteiger partial charge in [-0.15, -0.1) is 0 Å². The fraction of sp³-hybridized carbons (Fsp3) is 1.00. The molecule has 4 heteroatoms. The van der Waals surface area contributed by atoms with Crippen molar-refractivity contribution in [1.82, 2.24) is 0 Å². The molecule has 0 aromatic carbocycles. The Kier molecular flexibility index (Phi) is 2.02. The van der Waals surface area contributed by atoms with Crippen LogP contribution in [-0.4, -0.2) is 37.3 Å². The minimum atomic E-state index is -0.668. The van der Waals surface area contributed by atoms with E-state index in [4.69, 9.17) is 20.3 Å². The van der Waals surface area contributed by atoms with Crippen LogP contribution in [0.4, 0.5) is 0 Å². The Balaban J connectivity index is 2.37. The largest absolute Gasteiger partial charge is 0.394 e. The monoisotopic (exact) mass is 133 g/mol. The van der Waals surface area contributed by atoms with E-state index in [9.17, 15) is 0 Å². The normalized spacial score (nSPS) is 26.0. The Bertz CT molecular complexity index is 90.2. The molecule has 0 spiro atoms. The van der Waals surface area contributed by atoms with Crippen LogP contribution >= 0.6 is 0 Å². The SMILES string of the molecule is NC1(CO)COCOC1. The fourth-order valence-corrected chi connectivity index (χ4v) is 0.682. The number of hydrogen-bond donors (Lipinski definition) is 2. The maximum atomic E-state index is 8.67. The molecule has 0 aliphatic carbocycles. The molecule has 1 heterocycles. The van der Waals surface area contributed by atoms with Crippen LogP contribution < -0.4 is 5.73 Å². The van der Waals surface area contributed by atoms with Crippen LogP contribution in [0.3, 0.4) is 0 Å². The molecular weight excluding hydrogens is 122 g/mol. The molecule has 0 aromatic rings. The Morgan fingerprint density at radius 3 is 2.33 bits per heavy atom. The molecule has 0 aromatic heterocycles. The fourth-order valence-electron chi connectivity index (χ4n) is 0.682. The van der Waals surface area contributed by atoms with Crippen LogP contribution in [0.2, 0.25) is 0 Å². The lowest BCUT2D eigenvalue weighted by molar-refractivity contribution is -0.143. The van der Waals surface area contributed by atoms with Crippen molar-refractivity contribution in [2.24, 2.45) is 5.73 Å². The summed E-state index contributed by atoms with van der Waals surface area (Å²) >= 11 is 0. The lowest BCUT2D eigenvalue weighted by Crippen LogP contribution is -2.54. The van der Waals surface area contributed by atoms with Gasteiger partial charge in [0.25, 0.3) is 0 Å². The first-order valence-electron chi connectivity index (χ1n) is 2.82. The molecule has 1 aliphatic rings. The number of rotatable bonds is 1. The highest BCUT2D eigenvalue weighted by Gasteiger charge is 2.27. The van der Waals surface area contributed by atoms with Crippen molar-refractivity contribution in [1.29, 1.82) is 0 Å². The first-order valence-corrected chi connectivity index (χ1v) is 2.82. The van der Waals surface area contributed by atoms with Crippen molar-refractivity contribution >= 4 is 0 Å². The highest BCUT2D eigenvalue weighted by atomic mass is 16.7. The second kappa shape index (κ2) is 2.62. The van der Waals surface area contributed by atoms with Crippen LogP contribution in [0.15, 0.2) is 0 Å². The molecule has 0 atom stereocenters. The summed E-state index contributed by atoms with van der Waals surface area (Å²) in [7, 11) is 0. The molecular formula is C5H11NO3. The van der Waals surface area contributed by atoms with Crippen molar-refractivity contribution < 1.29 is 14.6 Å². The quantitative estimate of drug-likeness (QED) is 0.465. The average Bonchev–Trinajstić information content (AvgIpc) is 1.90. The first kappa shape index (κ1) is 6.95. The third-order valence-corrected chi connectivity index (χ3v) is 1.26. The molecule has 3 N–H and O–H groups in total. The van der Waals surface area contributed by atoms with E-state index in [2.05, 4.69) is 0 Å². The predicted molar refractivity (Wildman–Crippen MR) is 30.8 cm³/mol. The first-order chi connectivity index (χ1) is 4.27. The van der Waals surface area contributed by atoms with Gasteiger partial charge in [0.1, 0.15) is 6.79 Å². The van der Waals surface area contributed by atoms with Crippen molar-refractivity contribution in [3.8, 4) is 0 Å². The number of aliphatic hydroxyl groups is 1. The molecule has 1 saturated heterocycles. The van der Waals surface area contributed by atoms with Gasteiger partial charge in [-0.3, -0.25) is 0 Å². The number of hydrogen-bond acceptors (Lipinski definition) is 4. The van der Waals surface area contributed by atoms with Crippen molar-refractivity contribution in [2.75, 3.05) is 26.6 Å². The Morgan fingerprint density at radius 1 is 1.44 bits per heavy atom. The van der Waals surface area contributed by atoms with Gasteiger partial charge in [-0.2, -0.15) is 0 Å². The molecule has 0 unspecified atom stereocenters. The van der Waals surface area contributed by atoms with E-state index < -0.39 is 5.54 Å². The Morgan fingerprint density at radius 2 is 2.00 bits per heavy atom. The number of aliphatic hydroxyl groups excluding tert-OH is 1. The maximum Gasteiger partial charge on any atom is 0.146 e. The standard InChI is InChI=1S/C5H11NO3/c6-5(1-7)2-8-4-9-3-5/h7H,1-4,6H2. The lowest BCUT2D eigenvalue weighted by Gasteiger charge is -2.30. The molecule has 0 bridgehead atoms. The van der Waals surface area contributed by atoms with E-state index in [1.54, 1.807) is 0 Å². The second-order valence-corrected chi connectivity index (χ2v) is 2.34. The van der Waals surface area contributed by atoms with Gasteiger partial charge in [0.05, 0.1) is 25.4 Å². The topological polar surface area (TPSA) is 64.7 Å². The van der Waals surface area contributed by atoms with Gasteiger partial charge in [-0.1, -0.05) is 0 Å². The highest BCUT2D eigenvalue weighted by Crippen LogP contribution is 2.06. The zero-order valence-electron chi connectivity index (χ0n) is 5.17. The zero-order chi connectivity index (χ0) is 6.74. The molecule has 1 aliphatic heterocycles. The summed E-state index contributed by atoms with van der Waals surface area (Å²) in [6.07, 6.45) is 0. The maximum absolute atomic E-state index is 8.67. The summed E-state index contributed by atoms with van der Waals surface area (Å²) in [5, 5.41) is 8.67. The average molecular weight is 133 g/mol. The smallest absolute Gasteiger partial charge is 0.146 e. The summed E-state index contributed by atoms with van der Waals surface area (Å²) in [6, 6.07) is 0.